The van der Waals surface area contributed by atoms with E-state index in [1.54, 1.807) is 0 Å². The van der Waals surface area contributed by atoms with E-state index in [-0.39, 0.29) is 24.0 Å². The zero-order valence-corrected chi connectivity index (χ0v) is 20.1. The lowest BCUT2D eigenvalue weighted by Crippen LogP contribution is -2.47. The molecule has 158 valence electrons. The lowest BCUT2D eigenvalue weighted by Gasteiger charge is -2.32. The number of halogens is 1. The van der Waals surface area contributed by atoms with Crippen molar-refractivity contribution in [2.45, 2.75) is 25.4 Å². The Morgan fingerprint density at radius 3 is 2.50 bits per heavy atom. The van der Waals surface area contributed by atoms with Gasteiger partial charge in [0.2, 0.25) is 0 Å². The van der Waals surface area contributed by atoms with Crippen molar-refractivity contribution >= 4 is 29.9 Å². The van der Waals surface area contributed by atoms with Gasteiger partial charge in [-0.15, -0.1) is 24.0 Å². The molecule has 0 saturated carbocycles. The lowest BCUT2D eigenvalue weighted by atomic mass is 10.0. The minimum absolute atomic E-state index is 0. The lowest BCUT2D eigenvalue weighted by molar-refractivity contribution is 0.0195. The number of nitrogens with zero attached hydrogens (tertiary/aromatic N) is 4. The summed E-state index contributed by atoms with van der Waals surface area (Å²) in [5.41, 5.74) is 2.63. The monoisotopic (exact) mass is 501 g/mol. The summed E-state index contributed by atoms with van der Waals surface area (Å²) in [6.07, 6.45) is 1.20. The van der Waals surface area contributed by atoms with E-state index in [0.717, 1.165) is 51.9 Å². The molecule has 0 aromatic heterocycles. The van der Waals surface area contributed by atoms with Gasteiger partial charge in [-0.05, 0) is 33.0 Å². The van der Waals surface area contributed by atoms with Gasteiger partial charge in [0.15, 0.2) is 5.96 Å². The van der Waals surface area contributed by atoms with Crippen LogP contribution in [-0.2, 0) is 4.74 Å². The van der Waals surface area contributed by atoms with Crippen LogP contribution in [-0.4, -0.2) is 93.8 Å². The third-order valence-corrected chi connectivity index (χ3v) is 5.78. The highest BCUT2D eigenvalue weighted by Crippen LogP contribution is 2.20. The molecule has 0 spiro atoms. The van der Waals surface area contributed by atoms with Crippen LogP contribution in [0, 0.1) is 6.92 Å². The zero-order valence-electron chi connectivity index (χ0n) is 17.7. The smallest absolute Gasteiger partial charge is 0.193 e. The normalized spacial score (nSPS) is 22.2. The van der Waals surface area contributed by atoms with Crippen LogP contribution in [0.15, 0.2) is 29.3 Å². The maximum Gasteiger partial charge on any atom is 0.193 e. The van der Waals surface area contributed by atoms with Crippen LogP contribution < -0.4 is 5.32 Å². The highest BCUT2D eigenvalue weighted by Gasteiger charge is 2.30. The number of hydrogen-bond acceptors (Lipinski definition) is 4. The second-order valence-electron chi connectivity index (χ2n) is 7.86. The van der Waals surface area contributed by atoms with E-state index in [1.165, 1.54) is 17.5 Å². The van der Waals surface area contributed by atoms with Crippen LogP contribution in [0.3, 0.4) is 0 Å². The zero-order chi connectivity index (χ0) is 19.2. The van der Waals surface area contributed by atoms with Crippen molar-refractivity contribution in [3.05, 3.63) is 35.4 Å². The largest absolute Gasteiger partial charge is 0.379 e. The molecule has 1 aromatic rings. The Bertz CT molecular complexity index is 616. The molecule has 3 rings (SSSR count). The molecule has 2 saturated heterocycles. The van der Waals surface area contributed by atoms with Gasteiger partial charge in [-0.1, -0.05) is 29.8 Å². The molecule has 0 amide bonds. The van der Waals surface area contributed by atoms with Crippen LogP contribution >= 0.6 is 24.0 Å². The van der Waals surface area contributed by atoms with Crippen LogP contribution in [0.4, 0.5) is 0 Å². The van der Waals surface area contributed by atoms with Gasteiger partial charge in [0, 0.05) is 45.8 Å². The number of rotatable bonds is 5. The molecule has 28 heavy (non-hydrogen) atoms. The molecule has 1 N–H and O–H groups in total. The predicted molar refractivity (Wildman–Crippen MR) is 127 cm³/mol. The highest BCUT2D eigenvalue weighted by molar-refractivity contribution is 14.0. The molecule has 2 aliphatic heterocycles. The van der Waals surface area contributed by atoms with Gasteiger partial charge < -0.3 is 19.9 Å². The third-order valence-electron chi connectivity index (χ3n) is 5.78. The van der Waals surface area contributed by atoms with Crippen LogP contribution in [0.25, 0.3) is 0 Å². The molecule has 2 unspecified atom stereocenters. The Morgan fingerprint density at radius 2 is 1.89 bits per heavy atom. The molecular formula is C21H36IN5O. The first-order chi connectivity index (χ1) is 13.1. The minimum Gasteiger partial charge on any atom is -0.379 e. The van der Waals surface area contributed by atoms with Crippen molar-refractivity contribution in [3.8, 4) is 0 Å². The predicted octanol–water partition coefficient (Wildman–Crippen LogP) is 2.20. The number of likely N-dealkylation sites (N-methyl/N-ethyl adjacent to an activating group) is 1. The number of aryl methyl sites for hydroxylation is 1. The van der Waals surface area contributed by atoms with Crippen molar-refractivity contribution in [2.75, 3.05) is 67.1 Å². The molecule has 0 aliphatic carbocycles. The van der Waals surface area contributed by atoms with Crippen LogP contribution in [0.5, 0.6) is 0 Å². The fraction of sp³-hybridized carbons (Fsp3) is 0.667. The standard InChI is InChI=1S/C21H35N5O.HI/c1-17-5-7-18(8-6-17)20(24(3)4)15-23-21(22-2)26-10-9-19(16-26)25-11-13-27-14-12-25;/h5-8,19-20H,9-16H2,1-4H3,(H,22,23);1H. The number of nitrogens with one attached hydrogen (secondary N) is 1. The van der Waals surface area contributed by atoms with E-state index in [1.807, 2.05) is 7.05 Å². The van der Waals surface area contributed by atoms with Gasteiger partial charge in [0.05, 0.1) is 19.3 Å². The third kappa shape index (κ3) is 6.05. The summed E-state index contributed by atoms with van der Waals surface area (Å²) >= 11 is 0. The summed E-state index contributed by atoms with van der Waals surface area (Å²) in [5.74, 6) is 1.02. The van der Waals surface area contributed by atoms with Gasteiger partial charge in [-0.25, -0.2) is 0 Å². The first-order valence-corrected chi connectivity index (χ1v) is 10.1. The SMILES string of the molecule is CN=C(NCC(c1ccc(C)cc1)N(C)C)N1CCC(N2CCOCC2)C1.I. The van der Waals surface area contributed by atoms with Gasteiger partial charge in [-0.3, -0.25) is 9.89 Å². The molecule has 7 heteroatoms. The van der Waals surface area contributed by atoms with E-state index in [9.17, 15) is 0 Å². The second-order valence-corrected chi connectivity index (χ2v) is 7.86. The Morgan fingerprint density at radius 1 is 1.21 bits per heavy atom. The van der Waals surface area contributed by atoms with Gasteiger partial charge >= 0.3 is 0 Å². The molecule has 2 fully saturated rings. The number of hydrogen-bond donors (Lipinski definition) is 1. The molecule has 2 aliphatic rings. The molecule has 0 bridgehead atoms. The van der Waals surface area contributed by atoms with E-state index in [0.29, 0.717) is 12.1 Å². The maximum atomic E-state index is 5.50. The fourth-order valence-electron chi connectivity index (χ4n) is 4.08. The van der Waals surface area contributed by atoms with Crippen molar-refractivity contribution in [3.63, 3.8) is 0 Å². The average Bonchev–Trinajstić information content (AvgIpc) is 3.17. The summed E-state index contributed by atoms with van der Waals surface area (Å²) in [5, 5.41) is 3.62. The number of morpholine rings is 1. The van der Waals surface area contributed by atoms with Crippen molar-refractivity contribution < 1.29 is 4.74 Å². The van der Waals surface area contributed by atoms with Gasteiger partial charge in [0.25, 0.3) is 0 Å². The van der Waals surface area contributed by atoms with Crippen molar-refractivity contribution in [1.82, 2.24) is 20.0 Å². The van der Waals surface area contributed by atoms with E-state index >= 15 is 0 Å². The topological polar surface area (TPSA) is 43.3 Å². The molecule has 1 aromatic carbocycles. The molecule has 6 nitrogen and oxygen atoms in total. The Labute approximate surface area is 187 Å². The summed E-state index contributed by atoms with van der Waals surface area (Å²) in [6, 6.07) is 9.78. The van der Waals surface area contributed by atoms with Crippen molar-refractivity contribution in [2.24, 2.45) is 4.99 Å². The summed E-state index contributed by atoms with van der Waals surface area (Å²) in [7, 11) is 6.17. The highest BCUT2D eigenvalue weighted by atomic mass is 127. The van der Waals surface area contributed by atoms with Gasteiger partial charge in [-0.2, -0.15) is 0 Å². The Hall–Kier alpha value is -0.900. The number of guanidine groups is 1. The molecular weight excluding hydrogens is 465 g/mol. The second kappa shape index (κ2) is 11.3. The summed E-state index contributed by atoms with van der Waals surface area (Å²) in [4.78, 5) is 11.8. The quantitative estimate of drug-likeness (QED) is 0.381. The van der Waals surface area contributed by atoms with E-state index < -0.39 is 0 Å². The van der Waals surface area contributed by atoms with E-state index in [4.69, 9.17) is 4.74 Å². The minimum atomic E-state index is 0. The maximum absolute atomic E-state index is 5.50. The molecule has 2 heterocycles. The van der Waals surface area contributed by atoms with Crippen molar-refractivity contribution in [1.29, 1.82) is 0 Å². The van der Waals surface area contributed by atoms with Gasteiger partial charge in [0.1, 0.15) is 0 Å². The van der Waals surface area contributed by atoms with E-state index in [2.05, 4.69) is 70.3 Å². The summed E-state index contributed by atoms with van der Waals surface area (Å²) < 4.78 is 5.50. The fourth-order valence-corrected chi connectivity index (χ4v) is 4.08. The number of likely N-dealkylation sites (tertiary alicyclic amines) is 1. The number of aliphatic imine (C=N–C) groups is 1. The summed E-state index contributed by atoms with van der Waals surface area (Å²) in [6.45, 7) is 8.94. The number of ether oxygens (including phenoxy) is 1. The molecule has 2 atom stereocenters. The first-order valence-electron chi connectivity index (χ1n) is 10.1. The molecule has 0 radical (unpaired) electrons. The number of benzene rings is 1. The van der Waals surface area contributed by atoms with Crippen LogP contribution in [0.2, 0.25) is 0 Å². The van der Waals surface area contributed by atoms with Crippen LogP contribution in [0.1, 0.15) is 23.6 Å². The average molecular weight is 501 g/mol. The Kier molecular flexibility index (Phi) is 9.46. The Balaban J connectivity index is 0.00000280. The first kappa shape index (κ1) is 23.4.